The maximum Gasteiger partial charge on any atom is 0.393 e. The molecule has 0 aliphatic heterocycles. The Labute approximate surface area is 75.1 Å². The Bertz CT molecular complexity index is 171. The number of aliphatic hydroxyl groups excluding tert-OH is 1. The van der Waals surface area contributed by atoms with Gasteiger partial charge in [-0.2, -0.15) is 13.2 Å². The third-order valence-corrected chi connectivity index (χ3v) is 2.61. The second-order valence-corrected chi connectivity index (χ2v) is 3.51. The van der Waals surface area contributed by atoms with Gasteiger partial charge in [0.25, 0.3) is 0 Å². The van der Waals surface area contributed by atoms with E-state index in [1.807, 2.05) is 0 Å². The van der Waals surface area contributed by atoms with Gasteiger partial charge >= 0.3 is 6.18 Å². The molecule has 3 unspecified atom stereocenters. The van der Waals surface area contributed by atoms with Gasteiger partial charge in [-0.25, -0.2) is 0 Å². The SMILES string of the molecule is CNC1CC(O)CCC1C(F)(F)F. The van der Waals surface area contributed by atoms with Gasteiger partial charge in [-0.3, -0.25) is 0 Å². The molecule has 1 rings (SSSR count). The van der Waals surface area contributed by atoms with Gasteiger partial charge < -0.3 is 10.4 Å². The fourth-order valence-electron chi connectivity index (χ4n) is 1.86. The van der Waals surface area contributed by atoms with E-state index in [9.17, 15) is 18.3 Å². The molecule has 0 bridgehead atoms. The molecule has 0 aromatic carbocycles. The predicted molar refractivity (Wildman–Crippen MR) is 42.3 cm³/mol. The van der Waals surface area contributed by atoms with Gasteiger partial charge in [-0.05, 0) is 26.3 Å². The summed E-state index contributed by atoms with van der Waals surface area (Å²) in [7, 11) is 1.50. The minimum atomic E-state index is -4.15. The summed E-state index contributed by atoms with van der Waals surface area (Å²) in [5.41, 5.74) is 0. The average molecular weight is 197 g/mol. The van der Waals surface area contributed by atoms with Crippen molar-refractivity contribution >= 4 is 0 Å². The van der Waals surface area contributed by atoms with Crippen LogP contribution in [0.4, 0.5) is 13.2 Å². The first-order valence-corrected chi connectivity index (χ1v) is 4.37. The molecule has 1 fully saturated rings. The summed E-state index contributed by atoms with van der Waals surface area (Å²) in [5, 5.41) is 11.8. The van der Waals surface area contributed by atoms with Crippen LogP contribution in [0.15, 0.2) is 0 Å². The highest BCUT2D eigenvalue weighted by molar-refractivity contribution is 4.87. The molecule has 1 saturated carbocycles. The van der Waals surface area contributed by atoms with Crippen molar-refractivity contribution in [2.75, 3.05) is 7.05 Å². The van der Waals surface area contributed by atoms with Crippen molar-refractivity contribution in [3.8, 4) is 0 Å². The van der Waals surface area contributed by atoms with E-state index in [2.05, 4.69) is 5.32 Å². The van der Waals surface area contributed by atoms with Crippen molar-refractivity contribution in [2.45, 2.75) is 37.6 Å². The number of alkyl halides is 3. The van der Waals surface area contributed by atoms with Crippen LogP contribution in [0, 0.1) is 5.92 Å². The molecule has 0 radical (unpaired) electrons. The zero-order valence-corrected chi connectivity index (χ0v) is 7.43. The van der Waals surface area contributed by atoms with Crippen LogP contribution in [0.1, 0.15) is 19.3 Å². The van der Waals surface area contributed by atoms with E-state index >= 15 is 0 Å². The largest absolute Gasteiger partial charge is 0.393 e. The van der Waals surface area contributed by atoms with E-state index in [1.54, 1.807) is 0 Å². The standard InChI is InChI=1S/C8H14F3NO/c1-12-7-4-5(13)2-3-6(7)8(9,10)11/h5-7,12-13H,2-4H2,1H3. The quantitative estimate of drug-likeness (QED) is 0.664. The van der Waals surface area contributed by atoms with Crippen molar-refractivity contribution in [2.24, 2.45) is 5.92 Å². The zero-order valence-electron chi connectivity index (χ0n) is 7.43. The Hall–Kier alpha value is -0.290. The van der Waals surface area contributed by atoms with E-state index in [0.717, 1.165) is 0 Å². The van der Waals surface area contributed by atoms with Crippen LogP contribution < -0.4 is 5.32 Å². The maximum atomic E-state index is 12.4. The van der Waals surface area contributed by atoms with Crippen LogP contribution in [0.3, 0.4) is 0 Å². The number of hydrogen-bond donors (Lipinski definition) is 2. The van der Waals surface area contributed by atoms with Crippen molar-refractivity contribution in [1.29, 1.82) is 0 Å². The lowest BCUT2D eigenvalue weighted by Gasteiger charge is -2.35. The lowest BCUT2D eigenvalue weighted by molar-refractivity contribution is -0.193. The molecule has 0 amide bonds. The highest BCUT2D eigenvalue weighted by Crippen LogP contribution is 2.37. The molecule has 0 aromatic rings. The molecule has 1 aliphatic carbocycles. The minimum Gasteiger partial charge on any atom is -0.393 e. The number of rotatable bonds is 1. The van der Waals surface area contributed by atoms with Gasteiger partial charge in [-0.15, -0.1) is 0 Å². The van der Waals surface area contributed by atoms with E-state index in [1.165, 1.54) is 7.05 Å². The Morgan fingerprint density at radius 2 is 1.92 bits per heavy atom. The monoisotopic (exact) mass is 197 g/mol. The molecule has 0 aromatic heterocycles. The third-order valence-electron chi connectivity index (χ3n) is 2.61. The smallest absolute Gasteiger partial charge is 0.393 e. The van der Waals surface area contributed by atoms with Gasteiger partial charge in [0.05, 0.1) is 12.0 Å². The Balaban J connectivity index is 2.63. The predicted octanol–water partition coefficient (Wildman–Crippen LogP) is 1.30. The van der Waals surface area contributed by atoms with Gasteiger partial charge in [0.1, 0.15) is 0 Å². The molecule has 13 heavy (non-hydrogen) atoms. The van der Waals surface area contributed by atoms with Crippen LogP contribution >= 0.6 is 0 Å². The van der Waals surface area contributed by atoms with Gasteiger partial charge in [0.15, 0.2) is 0 Å². The molecular formula is C8H14F3NO. The maximum absolute atomic E-state index is 12.4. The van der Waals surface area contributed by atoms with Gasteiger partial charge in [0, 0.05) is 6.04 Å². The Morgan fingerprint density at radius 3 is 2.38 bits per heavy atom. The molecule has 0 saturated heterocycles. The highest BCUT2D eigenvalue weighted by atomic mass is 19.4. The van der Waals surface area contributed by atoms with E-state index in [0.29, 0.717) is 0 Å². The first kappa shape index (κ1) is 10.8. The molecule has 2 N–H and O–H groups in total. The second kappa shape index (κ2) is 3.84. The molecule has 0 heterocycles. The average Bonchev–Trinajstić information content (AvgIpc) is 2.01. The first-order chi connectivity index (χ1) is 5.95. The fourth-order valence-corrected chi connectivity index (χ4v) is 1.86. The van der Waals surface area contributed by atoms with Gasteiger partial charge in [-0.1, -0.05) is 0 Å². The lowest BCUT2D eigenvalue weighted by Crippen LogP contribution is -2.47. The summed E-state index contributed by atoms with van der Waals surface area (Å²) >= 11 is 0. The summed E-state index contributed by atoms with van der Waals surface area (Å²) in [5.74, 6) is -1.30. The van der Waals surface area contributed by atoms with Crippen LogP contribution in [0.25, 0.3) is 0 Å². The number of halogens is 3. The van der Waals surface area contributed by atoms with Crippen LogP contribution in [-0.4, -0.2) is 30.5 Å². The van der Waals surface area contributed by atoms with Crippen molar-refractivity contribution < 1.29 is 18.3 Å². The summed E-state index contributed by atoms with van der Waals surface area (Å²) in [4.78, 5) is 0. The Morgan fingerprint density at radius 1 is 1.31 bits per heavy atom. The van der Waals surface area contributed by atoms with E-state index < -0.39 is 24.2 Å². The first-order valence-electron chi connectivity index (χ1n) is 4.37. The fraction of sp³-hybridized carbons (Fsp3) is 1.00. The normalized spacial score (nSPS) is 36.2. The van der Waals surface area contributed by atoms with E-state index in [4.69, 9.17) is 0 Å². The third kappa shape index (κ3) is 2.57. The van der Waals surface area contributed by atoms with Crippen molar-refractivity contribution in [3.63, 3.8) is 0 Å². The lowest BCUT2D eigenvalue weighted by atomic mass is 9.82. The summed E-state index contributed by atoms with van der Waals surface area (Å²) in [6.07, 6.45) is -4.26. The topological polar surface area (TPSA) is 32.3 Å². The Kier molecular flexibility index (Phi) is 3.18. The highest BCUT2D eigenvalue weighted by Gasteiger charge is 2.46. The summed E-state index contributed by atoms with van der Waals surface area (Å²) in [6, 6.07) is -0.635. The van der Waals surface area contributed by atoms with Gasteiger partial charge in [0.2, 0.25) is 0 Å². The molecule has 5 heteroatoms. The minimum absolute atomic E-state index is 0.0240. The summed E-state index contributed by atoms with van der Waals surface area (Å²) in [6.45, 7) is 0. The molecule has 78 valence electrons. The molecular weight excluding hydrogens is 183 g/mol. The van der Waals surface area contributed by atoms with Crippen molar-refractivity contribution in [1.82, 2.24) is 5.32 Å². The van der Waals surface area contributed by atoms with Crippen LogP contribution in [-0.2, 0) is 0 Å². The number of nitrogens with one attached hydrogen (secondary N) is 1. The van der Waals surface area contributed by atoms with Crippen LogP contribution in [0.2, 0.25) is 0 Å². The number of hydrogen-bond acceptors (Lipinski definition) is 2. The zero-order chi connectivity index (χ0) is 10.1. The molecule has 3 atom stereocenters. The molecule has 0 spiro atoms. The summed E-state index contributed by atoms with van der Waals surface area (Å²) < 4.78 is 37.2. The number of aliphatic hydroxyl groups is 1. The van der Waals surface area contributed by atoms with Crippen LogP contribution in [0.5, 0.6) is 0 Å². The second-order valence-electron chi connectivity index (χ2n) is 3.51. The van der Waals surface area contributed by atoms with Crippen molar-refractivity contribution in [3.05, 3.63) is 0 Å². The van der Waals surface area contributed by atoms with E-state index in [-0.39, 0.29) is 19.3 Å². The molecule has 1 aliphatic rings. The molecule has 2 nitrogen and oxygen atoms in total.